The fourth-order valence-corrected chi connectivity index (χ4v) is 3.94. The summed E-state index contributed by atoms with van der Waals surface area (Å²) >= 11 is 1.41. The summed E-state index contributed by atoms with van der Waals surface area (Å²) in [5.41, 5.74) is 5.01. The van der Waals surface area contributed by atoms with Gasteiger partial charge in [-0.05, 0) is 49.7 Å². The van der Waals surface area contributed by atoms with E-state index >= 15 is 0 Å². The average molecular weight is 433 g/mol. The second-order valence-electron chi connectivity index (χ2n) is 7.10. The third kappa shape index (κ3) is 5.24. The summed E-state index contributed by atoms with van der Waals surface area (Å²) in [7, 11) is 0. The minimum Gasteiger partial charge on any atom is -0.494 e. The lowest BCUT2D eigenvalue weighted by Gasteiger charge is -2.06. The van der Waals surface area contributed by atoms with Crippen LogP contribution in [0.25, 0.3) is 16.8 Å². The summed E-state index contributed by atoms with van der Waals surface area (Å²) in [6.07, 6.45) is 3.52. The van der Waals surface area contributed by atoms with Crippen LogP contribution in [0.5, 0.6) is 5.75 Å². The van der Waals surface area contributed by atoms with Gasteiger partial charge in [0.1, 0.15) is 10.8 Å². The Balaban J connectivity index is 1.42. The minimum atomic E-state index is -0.0272. The number of amides is 1. The maximum absolute atomic E-state index is 12.3. The molecule has 2 heterocycles. The molecule has 0 radical (unpaired) electrons. The number of rotatable bonds is 8. The summed E-state index contributed by atoms with van der Waals surface area (Å²) in [5, 5.41) is 8.39. The van der Waals surface area contributed by atoms with Crippen molar-refractivity contribution in [1.82, 2.24) is 19.9 Å². The predicted molar refractivity (Wildman–Crippen MR) is 123 cm³/mol. The summed E-state index contributed by atoms with van der Waals surface area (Å²) in [6, 6.07) is 18.0. The Kier molecular flexibility index (Phi) is 6.52. The highest BCUT2D eigenvalue weighted by atomic mass is 32.2. The zero-order chi connectivity index (χ0) is 21.6. The molecule has 0 bridgehead atoms. The van der Waals surface area contributed by atoms with Crippen LogP contribution in [0.3, 0.4) is 0 Å². The number of carbonyl (C=O) groups excluding carboxylic acids is 1. The van der Waals surface area contributed by atoms with Crippen LogP contribution in [-0.4, -0.2) is 32.9 Å². The Morgan fingerprint density at radius 2 is 1.90 bits per heavy atom. The van der Waals surface area contributed by atoms with Gasteiger partial charge in [-0.3, -0.25) is 4.79 Å². The van der Waals surface area contributed by atoms with Crippen LogP contribution in [0.15, 0.2) is 72.0 Å². The first-order valence-electron chi connectivity index (χ1n) is 10.1. The third-order valence-corrected chi connectivity index (χ3v) is 5.76. The molecule has 0 atom stereocenters. The van der Waals surface area contributed by atoms with Crippen molar-refractivity contribution < 1.29 is 9.53 Å². The monoisotopic (exact) mass is 432 g/mol. The molecule has 2 aromatic carbocycles. The van der Waals surface area contributed by atoms with E-state index < -0.39 is 0 Å². The molecule has 0 aliphatic rings. The SMILES string of the molecule is CCOc1ccc(-c2cc3c(SCC(=O)NCc4ccc(C)cc4)nccn3n2)cc1. The smallest absolute Gasteiger partial charge is 0.230 e. The van der Waals surface area contributed by atoms with E-state index in [1.54, 1.807) is 10.7 Å². The molecule has 0 unspecified atom stereocenters. The van der Waals surface area contributed by atoms with E-state index in [0.717, 1.165) is 33.1 Å². The molecule has 1 amide bonds. The minimum absolute atomic E-state index is 0.0272. The Hall–Kier alpha value is -3.32. The number of thioether (sulfide) groups is 1. The van der Waals surface area contributed by atoms with E-state index in [0.29, 0.717) is 18.9 Å². The normalized spacial score (nSPS) is 10.9. The Morgan fingerprint density at radius 3 is 2.65 bits per heavy atom. The van der Waals surface area contributed by atoms with Crippen molar-refractivity contribution in [3.05, 3.63) is 78.1 Å². The fraction of sp³-hybridized carbons (Fsp3) is 0.208. The molecule has 0 fully saturated rings. The van der Waals surface area contributed by atoms with E-state index in [9.17, 15) is 4.79 Å². The summed E-state index contributed by atoms with van der Waals surface area (Å²) in [5.74, 6) is 1.10. The van der Waals surface area contributed by atoms with Gasteiger partial charge in [0.2, 0.25) is 5.91 Å². The summed E-state index contributed by atoms with van der Waals surface area (Å²) in [6.45, 7) is 5.17. The highest BCUT2D eigenvalue weighted by Crippen LogP contribution is 2.27. The molecule has 0 spiro atoms. The molecule has 2 aromatic heterocycles. The van der Waals surface area contributed by atoms with E-state index in [1.807, 2.05) is 74.6 Å². The van der Waals surface area contributed by atoms with Crippen LogP contribution in [0.1, 0.15) is 18.1 Å². The Bertz CT molecular complexity index is 1170. The molecule has 158 valence electrons. The number of nitrogens with one attached hydrogen (secondary N) is 1. The van der Waals surface area contributed by atoms with Crippen molar-refractivity contribution >= 4 is 23.2 Å². The maximum atomic E-state index is 12.3. The molecule has 0 aliphatic heterocycles. The Morgan fingerprint density at radius 1 is 1.13 bits per heavy atom. The van der Waals surface area contributed by atoms with Gasteiger partial charge >= 0.3 is 0 Å². The highest BCUT2D eigenvalue weighted by Gasteiger charge is 2.11. The largest absolute Gasteiger partial charge is 0.494 e. The molecule has 1 N–H and O–H groups in total. The van der Waals surface area contributed by atoms with Crippen LogP contribution in [0, 0.1) is 6.92 Å². The van der Waals surface area contributed by atoms with Crippen molar-refractivity contribution in [2.45, 2.75) is 25.4 Å². The fourth-order valence-electron chi connectivity index (χ4n) is 3.13. The Labute approximate surface area is 185 Å². The lowest BCUT2D eigenvalue weighted by atomic mass is 10.1. The number of aromatic nitrogens is 3. The predicted octanol–water partition coefficient (Wildman–Crippen LogP) is 4.51. The highest BCUT2D eigenvalue weighted by molar-refractivity contribution is 8.00. The van der Waals surface area contributed by atoms with E-state index in [-0.39, 0.29) is 5.91 Å². The van der Waals surface area contributed by atoms with Crippen molar-refractivity contribution in [3.63, 3.8) is 0 Å². The molecule has 0 aliphatic carbocycles. The zero-order valence-electron chi connectivity index (χ0n) is 17.5. The van der Waals surface area contributed by atoms with Crippen LogP contribution < -0.4 is 10.1 Å². The van der Waals surface area contributed by atoms with Crippen molar-refractivity contribution in [3.8, 4) is 17.0 Å². The number of ether oxygens (including phenoxy) is 1. The van der Waals surface area contributed by atoms with E-state index in [1.165, 1.54) is 17.3 Å². The van der Waals surface area contributed by atoms with Crippen molar-refractivity contribution in [1.29, 1.82) is 0 Å². The van der Waals surface area contributed by atoms with Crippen LogP contribution in [0.4, 0.5) is 0 Å². The maximum Gasteiger partial charge on any atom is 0.230 e. The van der Waals surface area contributed by atoms with Crippen LogP contribution in [-0.2, 0) is 11.3 Å². The van der Waals surface area contributed by atoms with E-state index in [2.05, 4.69) is 15.4 Å². The van der Waals surface area contributed by atoms with E-state index in [4.69, 9.17) is 4.74 Å². The molecule has 7 heteroatoms. The first-order chi connectivity index (χ1) is 15.1. The van der Waals surface area contributed by atoms with Gasteiger partial charge in [0.15, 0.2) is 0 Å². The number of carbonyl (C=O) groups is 1. The molecular formula is C24H24N4O2S. The van der Waals surface area contributed by atoms with Gasteiger partial charge in [-0.2, -0.15) is 5.10 Å². The van der Waals surface area contributed by atoms with Gasteiger partial charge in [-0.15, -0.1) is 0 Å². The van der Waals surface area contributed by atoms with Crippen molar-refractivity contribution in [2.24, 2.45) is 0 Å². The molecule has 0 saturated carbocycles. The van der Waals surface area contributed by atoms with Gasteiger partial charge in [-0.25, -0.2) is 9.50 Å². The van der Waals surface area contributed by atoms with Crippen LogP contribution >= 0.6 is 11.8 Å². The molecule has 4 aromatic rings. The van der Waals surface area contributed by atoms with Crippen molar-refractivity contribution in [2.75, 3.05) is 12.4 Å². The van der Waals surface area contributed by atoms with Gasteiger partial charge < -0.3 is 10.1 Å². The topological polar surface area (TPSA) is 68.5 Å². The second-order valence-corrected chi connectivity index (χ2v) is 8.06. The zero-order valence-corrected chi connectivity index (χ0v) is 18.4. The van der Waals surface area contributed by atoms with Gasteiger partial charge in [0.25, 0.3) is 0 Å². The summed E-state index contributed by atoms with van der Waals surface area (Å²) in [4.78, 5) is 16.8. The molecule has 4 rings (SSSR count). The molecule has 31 heavy (non-hydrogen) atoms. The second kappa shape index (κ2) is 9.66. The number of aryl methyl sites for hydroxylation is 1. The number of fused-ring (bicyclic) bond motifs is 1. The third-order valence-electron chi connectivity index (χ3n) is 4.77. The molecule has 0 saturated heterocycles. The van der Waals surface area contributed by atoms with Gasteiger partial charge in [-0.1, -0.05) is 41.6 Å². The quantitative estimate of drug-likeness (QED) is 0.415. The standard InChI is InChI=1S/C24H24N4O2S/c1-3-30-20-10-8-19(9-11-20)21-14-22-24(25-12-13-28(22)27-21)31-16-23(29)26-15-18-6-4-17(2)5-7-18/h4-14H,3,15-16H2,1-2H3,(H,26,29). The molecule has 6 nitrogen and oxygen atoms in total. The number of hydrogen-bond acceptors (Lipinski definition) is 5. The van der Waals surface area contributed by atoms with Gasteiger partial charge in [0.05, 0.1) is 23.6 Å². The van der Waals surface area contributed by atoms with Crippen LogP contribution in [0.2, 0.25) is 0 Å². The first kappa shape index (κ1) is 20.9. The first-order valence-corrected chi connectivity index (χ1v) is 11.1. The lowest BCUT2D eigenvalue weighted by Crippen LogP contribution is -2.24. The number of nitrogens with zero attached hydrogens (tertiary/aromatic N) is 3. The summed E-state index contributed by atoms with van der Waals surface area (Å²) < 4.78 is 7.30. The average Bonchev–Trinajstić information content (AvgIpc) is 3.23. The van der Waals surface area contributed by atoms with Gasteiger partial charge in [0, 0.05) is 24.5 Å². The molecular weight excluding hydrogens is 408 g/mol. The number of hydrogen-bond donors (Lipinski definition) is 1. The lowest BCUT2D eigenvalue weighted by molar-refractivity contribution is -0.118. The number of benzene rings is 2.